The number of piperidine rings is 1. The minimum Gasteiger partial charge on any atom is -0.388 e. The lowest BCUT2D eigenvalue weighted by molar-refractivity contribution is 0.438. The van der Waals surface area contributed by atoms with Crippen LogP contribution >= 0.6 is 12.2 Å². The number of anilines is 1. The molecule has 0 amide bonds. The van der Waals surface area contributed by atoms with E-state index in [1.807, 2.05) is 12.1 Å². The number of aromatic nitrogens is 1. The van der Waals surface area contributed by atoms with Crippen molar-refractivity contribution in [3.8, 4) is 0 Å². The molecule has 1 aromatic heterocycles. The molecule has 1 fully saturated rings. The van der Waals surface area contributed by atoms with Crippen molar-refractivity contribution in [2.24, 2.45) is 11.7 Å². The van der Waals surface area contributed by atoms with E-state index in [0.717, 1.165) is 19.0 Å². The molecule has 86 valence electrons. The van der Waals surface area contributed by atoms with E-state index in [-0.39, 0.29) is 0 Å². The molecular formula is C12H17N3S. The van der Waals surface area contributed by atoms with Gasteiger partial charge in [-0.15, -0.1) is 0 Å². The van der Waals surface area contributed by atoms with Gasteiger partial charge in [-0.1, -0.05) is 19.1 Å². The topological polar surface area (TPSA) is 42.2 Å². The van der Waals surface area contributed by atoms with Crippen LogP contribution in [0.3, 0.4) is 0 Å². The maximum absolute atomic E-state index is 5.58. The molecule has 0 aromatic carbocycles. The number of rotatable bonds is 2. The van der Waals surface area contributed by atoms with Crippen LogP contribution < -0.4 is 10.6 Å². The molecule has 2 N–H and O–H groups in total. The van der Waals surface area contributed by atoms with Crippen molar-refractivity contribution in [1.82, 2.24) is 4.98 Å². The molecule has 1 aromatic rings. The predicted octanol–water partition coefficient (Wildman–Crippen LogP) is 1.95. The van der Waals surface area contributed by atoms with Gasteiger partial charge < -0.3 is 10.6 Å². The minimum atomic E-state index is 0.368. The van der Waals surface area contributed by atoms with Crippen LogP contribution in [0.2, 0.25) is 0 Å². The van der Waals surface area contributed by atoms with E-state index in [1.165, 1.54) is 18.5 Å². The fourth-order valence-corrected chi connectivity index (χ4v) is 2.13. The number of thiocarbonyl (C=S) groups is 1. The van der Waals surface area contributed by atoms with Crippen LogP contribution in [-0.2, 0) is 0 Å². The summed E-state index contributed by atoms with van der Waals surface area (Å²) in [4.78, 5) is 6.90. The van der Waals surface area contributed by atoms with E-state index < -0.39 is 0 Å². The first kappa shape index (κ1) is 11.3. The Balaban J connectivity index is 2.14. The molecule has 16 heavy (non-hydrogen) atoms. The number of nitrogens with two attached hydrogens (primary N) is 1. The number of hydrogen-bond acceptors (Lipinski definition) is 3. The molecule has 0 aliphatic carbocycles. The second kappa shape index (κ2) is 4.78. The normalized spacial score (nSPS) is 17.4. The number of pyridine rings is 1. The summed E-state index contributed by atoms with van der Waals surface area (Å²) in [5.41, 5.74) is 7.48. The molecular weight excluding hydrogens is 218 g/mol. The van der Waals surface area contributed by atoms with Gasteiger partial charge in [-0.05, 0) is 30.9 Å². The second-order valence-electron chi connectivity index (χ2n) is 4.43. The highest BCUT2D eigenvalue weighted by molar-refractivity contribution is 7.80. The van der Waals surface area contributed by atoms with Crippen molar-refractivity contribution in [3.05, 3.63) is 24.0 Å². The van der Waals surface area contributed by atoms with Gasteiger partial charge in [0.25, 0.3) is 0 Å². The van der Waals surface area contributed by atoms with Gasteiger partial charge in [-0.25, -0.2) is 0 Å². The summed E-state index contributed by atoms with van der Waals surface area (Å²) in [6.45, 7) is 4.54. The summed E-state index contributed by atoms with van der Waals surface area (Å²) in [6, 6.07) is 4.01. The molecule has 0 atom stereocenters. The van der Waals surface area contributed by atoms with E-state index in [0.29, 0.717) is 10.7 Å². The molecule has 1 aliphatic heterocycles. The maximum atomic E-state index is 5.58. The zero-order chi connectivity index (χ0) is 11.5. The van der Waals surface area contributed by atoms with Crippen LogP contribution in [0.5, 0.6) is 0 Å². The van der Waals surface area contributed by atoms with Crippen molar-refractivity contribution in [2.75, 3.05) is 18.0 Å². The Hall–Kier alpha value is -1.16. The van der Waals surface area contributed by atoms with Crippen molar-refractivity contribution < 1.29 is 0 Å². The molecule has 0 radical (unpaired) electrons. The summed E-state index contributed by atoms with van der Waals surface area (Å²) in [5.74, 6) is 0.841. The van der Waals surface area contributed by atoms with E-state index >= 15 is 0 Å². The van der Waals surface area contributed by atoms with Gasteiger partial charge >= 0.3 is 0 Å². The molecule has 0 bridgehead atoms. The summed E-state index contributed by atoms with van der Waals surface area (Å²) in [6.07, 6.45) is 4.29. The van der Waals surface area contributed by atoms with Crippen LogP contribution in [0.25, 0.3) is 0 Å². The summed E-state index contributed by atoms with van der Waals surface area (Å²) < 4.78 is 0. The molecule has 1 aliphatic rings. The van der Waals surface area contributed by atoms with Crippen molar-refractivity contribution in [2.45, 2.75) is 19.8 Å². The van der Waals surface area contributed by atoms with Gasteiger partial charge in [0.2, 0.25) is 0 Å². The molecule has 2 rings (SSSR count). The average Bonchev–Trinajstić information content (AvgIpc) is 2.30. The lowest BCUT2D eigenvalue weighted by Crippen LogP contribution is -2.33. The highest BCUT2D eigenvalue weighted by atomic mass is 32.1. The summed E-state index contributed by atoms with van der Waals surface area (Å²) in [7, 11) is 0. The SMILES string of the molecule is CC1CCN(c2ccnc(C(N)=S)c2)CC1. The Morgan fingerprint density at radius 2 is 2.19 bits per heavy atom. The molecule has 0 saturated carbocycles. The van der Waals surface area contributed by atoms with Crippen LogP contribution in [-0.4, -0.2) is 23.1 Å². The zero-order valence-corrected chi connectivity index (χ0v) is 10.3. The molecule has 0 spiro atoms. The van der Waals surface area contributed by atoms with Gasteiger partial charge in [0.05, 0.1) is 5.69 Å². The predicted molar refractivity (Wildman–Crippen MR) is 70.7 cm³/mol. The van der Waals surface area contributed by atoms with Gasteiger partial charge in [-0.3, -0.25) is 4.98 Å². The second-order valence-corrected chi connectivity index (χ2v) is 4.87. The quantitative estimate of drug-likeness (QED) is 0.796. The van der Waals surface area contributed by atoms with E-state index in [4.69, 9.17) is 18.0 Å². The van der Waals surface area contributed by atoms with Crippen molar-refractivity contribution in [1.29, 1.82) is 0 Å². The van der Waals surface area contributed by atoms with Gasteiger partial charge in [-0.2, -0.15) is 0 Å². The summed E-state index contributed by atoms with van der Waals surface area (Å²) >= 11 is 4.94. The Bertz CT molecular complexity index is 384. The highest BCUT2D eigenvalue weighted by Crippen LogP contribution is 2.22. The fraction of sp³-hybridized carbons (Fsp3) is 0.500. The van der Waals surface area contributed by atoms with Crippen LogP contribution in [0, 0.1) is 5.92 Å². The van der Waals surface area contributed by atoms with E-state index in [9.17, 15) is 0 Å². The first-order chi connectivity index (χ1) is 7.66. The highest BCUT2D eigenvalue weighted by Gasteiger charge is 2.16. The third-order valence-electron chi connectivity index (χ3n) is 3.14. The Labute approximate surface area is 102 Å². The molecule has 2 heterocycles. The van der Waals surface area contributed by atoms with Crippen LogP contribution in [0.4, 0.5) is 5.69 Å². The monoisotopic (exact) mass is 235 g/mol. The Morgan fingerprint density at radius 3 is 2.81 bits per heavy atom. The van der Waals surface area contributed by atoms with Crippen LogP contribution in [0.15, 0.2) is 18.3 Å². The lowest BCUT2D eigenvalue weighted by atomic mass is 9.99. The largest absolute Gasteiger partial charge is 0.388 e. The van der Waals surface area contributed by atoms with Gasteiger partial charge in [0, 0.05) is 25.0 Å². The third kappa shape index (κ3) is 2.50. The maximum Gasteiger partial charge on any atom is 0.122 e. The molecule has 4 heteroatoms. The summed E-state index contributed by atoms with van der Waals surface area (Å²) in [5, 5.41) is 0. The smallest absolute Gasteiger partial charge is 0.122 e. The molecule has 1 saturated heterocycles. The number of nitrogens with zero attached hydrogens (tertiary/aromatic N) is 2. The van der Waals surface area contributed by atoms with Crippen molar-refractivity contribution >= 4 is 22.9 Å². The van der Waals surface area contributed by atoms with Crippen molar-refractivity contribution in [3.63, 3.8) is 0 Å². The third-order valence-corrected chi connectivity index (χ3v) is 3.35. The Morgan fingerprint density at radius 1 is 1.50 bits per heavy atom. The molecule has 0 unspecified atom stereocenters. The number of hydrogen-bond donors (Lipinski definition) is 1. The van der Waals surface area contributed by atoms with Crippen LogP contribution in [0.1, 0.15) is 25.5 Å². The zero-order valence-electron chi connectivity index (χ0n) is 9.52. The first-order valence-corrected chi connectivity index (χ1v) is 6.08. The van der Waals surface area contributed by atoms with E-state index in [1.54, 1.807) is 6.20 Å². The lowest BCUT2D eigenvalue weighted by Gasteiger charge is -2.32. The first-order valence-electron chi connectivity index (χ1n) is 5.67. The molecule has 3 nitrogen and oxygen atoms in total. The fourth-order valence-electron chi connectivity index (χ4n) is 2.02. The Kier molecular flexibility index (Phi) is 3.39. The van der Waals surface area contributed by atoms with Gasteiger partial charge in [0.1, 0.15) is 4.99 Å². The minimum absolute atomic E-state index is 0.368. The average molecular weight is 235 g/mol. The standard InChI is InChI=1S/C12H17N3S/c1-9-3-6-15(7-4-9)10-2-5-14-11(8-10)12(13)16/h2,5,8-9H,3-4,6-7H2,1H3,(H2,13,16). The van der Waals surface area contributed by atoms with E-state index in [2.05, 4.69) is 16.8 Å². The van der Waals surface area contributed by atoms with Gasteiger partial charge in [0.15, 0.2) is 0 Å².